The Kier molecular flexibility index (Phi) is 3.09. The van der Waals surface area contributed by atoms with E-state index in [1.165, 1.54) is 12.8 Å². The van der Waals surface area contributed by atoms with Crippen molar-refractivity contribution >= 4 is 11.6 Å². The number of rotatable bonds is 3. The number of benzene rings is 1. The summed E-state index contributed by atoms with van der Waals surface area (Å²) < 4.78 is 5.88. The molecule has 1 aromatic carbocycles. The van der Waals surface area contributed by atoms with Crippen LogP contribution < -0.4 is 0 Å². The Morgan fingerprint density at radius 3 is 2.59 bits per heavy atom. The molecule has 2 atom stereocenters. The van der Waals surface area contributed by atoms with Crippen molar-refractivity contribution in [1.29, 1.82) is 0 Å². The molecule has 0 aromatic heterocycles. The van der Waals surface area contributed by atoms with Crippen molar-refractivity contribution in [3.63, 3.8) is 0 Å². The molecule has 1 N–H and O–H groups in total. The fraction of sp³-hybridized carbons (Fsp3) is 0.538. The van der Waals surface area contributed by atoms with Crippen molar-refractivity contribution in [3.8, 4) is 0 Å². The summed E-state index contributed by atoms with van der Waals surface area (Å²) in [5.41, 5.74) is 1.12. The maximum atomic E-state index is 9.22. The fourth-order valence-electron chi connectivity index (χ4n) is 2.38. The molecule has 2 unspecified atom stereocenters. The van der Waals surface area contributed by atoms with Crippen LogP contribution in [0.3, 0.4) is 0 Å². The lowest BCUT2D eigenvalue weighted by Gasteiger charge is -2.22. The van der Waals surface area contributed by atoms with E-state index in [1.807, 2.05) is 24.3 Å². The first-order valence-electron chi connectivity index (χ1n) is 6.05. The van der Waals surface area contributed by atoms with Gasteiger partial charge >= 0.3 is 0 Å². The van der Waals surface area contributed by atoms with Crippen LogP contribution in [0, 0.1) is 0 Å². The molecule has 2 fully saturated rings. The van der Waals surface area contributed by atoms with Gasteiger partial charge in [0, 0.05) is 17.6 Å². The minimum atomic E-state index is -0.0590. The third-order valence-corrected chi connectivity index (χ3v) is 3.66. The van der Waals surface area contributed by atoms with Crippen LogP contribution in [-0.2, 0) is 4.74 Å². The van der Waals surface area contributed by atoms with Crippen molar-refractivity contribution < 1.29 is 9.84 Å². The van der Waals surface area contributed by atoms with Gasteiger partial charge in [-0.3, -0.25) is 4.90 Å². The highest BCUT2D eigenvalue weighted by molar-refractivity contribution is 6.30. The van der Waals surface area contributed by atoms with Gasteiger partial charge in [-0.15, -0.1) is 0 Å². The van der Waals surface area contributed by atoms with Crippen LogP contribution in [-0.4, -0.2) is 35.3 Å². The lowest BCUT2D eigenvalue weighted by molar-refractivity contribution is -0.0216. The SMILES string of the molecule is OCC1CN(C2CC2)C(c2ccc(Cl)cc2)O1. The second-order valence-electron chi connectivity index (χ2n) is 4.77. The molecule has 0 bridgehead atoms. The summed E-state index contributed by atoms with van der Waals surface area (Å²) >= 11 is 5.89. The highest BCUT2D eigenvalue weighted by atomic mass is 35.5. The van der Waals surface area contributed by atoms with E-state index in [9.17, 15) is 5.11 Å². The normalized spacial score (nSPS) is 29.8. The molecule has 0 amide bonds. The Morgan fingerprint density at radius 1 is 1.29 bits per heavy atom. The maximum absolute atomic E-state index is 9.22. The van der Waals surface area contributed by atoms with Crippen molar-refractivity contribution in [1.82, 2.24) is 4.90 Å². The van der Waals surface area contributed by atoms with Gasteiger partial charge in [-0.1, -0.05) is 23.7 Å². The van der Waals surface area contributed by atoms with Gasteiger partial charge in [0.1, 0.15) is 6.23 Å². The van der Waals surface area contributed by atoms with Crippen LogP contribution in [0.15, 0.2) is 24.3 Å². The van der Waals surface area contributed by atoms with Crippen molar-refractivity contribution in [3.05, 3.63) is 34.9 Å². The number of aliphatic hydroxyl groups is 1. The van der Waals surface area contributed by atoms with E-state index in [1.54, 1.807) is 0 Å². The topological polar surface area (TPSA) is 32.7 Å². The average molecular weight is 254 g/mol. The molecule has 3 rings (SSSR count). The summed E-state index contributed by atoms with van der Waals surface area (Å²) in [6.45, 7) is 0.918. The lowest BCUT2D eigenvalue weighted by atomic mass is 10.2. The Morgan fingerprint density at radius 2 is 2.00 bits per heavy atom. The van der Waals surface area contributed by atoms with E-state index in [2.05, 4.69) is 4.90 Å². The zero-order chi connectivity index (χ0) is 11.8. The van der Waals surface area contributed by atoms with E-state index in [0.29, 0.717) is 6.04 Å². The molecule has 0 spiro atoms. The number of ether oxygens (including phenoxy) is 1. The van der Waals surface area contributed by atoms with Crippen LogP contribution in [0.4, 0.5) is 0 Å². The van der Waals surface area contributed by atoms with Crippen molar-refractivity contribution in [2.75, 3.05) is 13.2 Å². The minimum Gasteiger partial charge on any atom is -0.394 e. The molecule has 4 heteroatoms. The standard InChI is InChI=1S/C13H16ClNO2/c14-10-3-1-9(2-4-10)13-15(11-5-6-11)7-12(8-16)17-13/h1-4,11-13,16H,5-8H2. The number of hydrogen-bond acceptors (Lipinski definition) is 3. The van der Waals surface area contributed by atoms with Gasteiger partial charge in [0.2, 0.25) is 0 Å². The minimum absolute atomic E-state index is 0.0167. The predicted molar refractivity (Wildman–Crippen MR) is 65.9 cm³/mol. The molecule has 2 aliphatic rings. The zero-order valence-corrected chi connectivity index (χ0v) is 10.3. The monoisotopic (exact) mass is 253 g/mol. The molecule has 1 saturated carbocycles. The highest BCUT2D eigenvalue weighted by Gasteiger charge is 2.41. The molecule has 0 radical (unpaired) electrons. The lowest BCUT2D eigenvalue weighted by Crippen LogP contribution is -2.27. The third kappa shape index (κ3) is 2.33. The molecule has 1 aromatic rings. The van der Waals surface area contributed by atoms with E-state index in [0.717, 1.165) is 17.1 Å². The zero-order valence-electron chi connectivity index (χ0n) is 9.55. The summed E-state index contributed by atoms with van der Waals surface area (Å²) in [4.78, 5) is 2.35. The van der Waals surface area contributed by atoms with Gasteiger partial charge in [-0.25, -0.2) is 0 Å². The number of nitrogens with zero attached hydrogens (tertiary/aromatic N) is 1. The van der Waals surface area contributed by atoms with E-state index in [-0.39, 0.29) is 18.9 Å². The van der Waals surface area contributed by atoms with Gasteiger partial charge in [0.25, 0.3) is 0 Å². The number of hydrogen-bond donors (Lipinski definition) is 1. The number of aliphatic hydroxyl groups excluding tert-OH is 1. The molecule has 3 nitrogen and oxygen atoms in total. The van der Waals surface area contributed by atoms with Crippen LogP contribution in [0.25, 0.3) is 0 Å². The molecule has 1 aliphatic carbocycles. The summed E-state index contributed by atoms with van der Waals surface area (Å²) in [6, 6.07) is 8.41. The maximum Gasteiger partial charge on any atom is 0.137 e. The molecule has 1 saturated heterocycles. The molecular weight excluding hydrogens is 238 g/mol. The Labute approximate surface area is 106 Å². The van der Waals surface area contributed by atoms with Gasteiger partial charge < -0.3 is 9.84 Å². The quantitative estimate of drug-likeness (QED) is 0.897. The Balaban J connectivity index is 1.82. The van der Waals surface area contributed by atoms with Gasteiger partial charge in [-0.2, -0.15) is 0 Å². The molecule has 92 valence electrons. The predicted octanol–water partition coefficient (Wildman–Crippen LogP) is 2.19. The van der Waals surface area contributed by atoms with E-state index < -0.39 is 0 Å². The second kappa shape index (κ2) is 4.58. The average Bonchev–Trinajstić information content (AvgIpc) is 3.10. The summed E-state index contributed by atoms with van der Waals surface area (Å²) in [5, 5.41) is 9.96. The van der Waals surface area contributed by atoms with E-state index >= 15 is 0 Å². The van der Waals surface area contributed by atoms with Gasteiger partial charge in [0.05, 0.1) is 12.7 Å². The fourth-order valence-corrected chi connectivity index (χ4v) is 2.51. The summed E-state index contributed by atoms with van der Waals surface area (Å²) in [5.74, 6) is 0. The van der Waals surface area contributed by atoms with Crippen molar-refractivity contribution in [2.45, 2.75) is 31.2 Å². The van der Waals surface area contributed by atoms with Crippen LogP contribution in [0.1, 0.15) is 24.6 Å². The molecule has 1 heterocycles. The largest absolute Gasteiger partial charge is 0.394 e. The highest BCUT2D eigenvalue weighted by Crippen LogP contribution is 2.39. The summed E-state index contributed by atoms with van der Waals surface area (Å²) in [7, 11) is 0. The third-order valence-electron chi connectivity index (χ3n) is 3.41. The van der Waals surface area contributed by atoms with Crippen LogP contribution >= 0.6 is 11.6 Å². The van der Waals surface area contributed by atoms with E-state index in [4.69, 9.17) is 16.3 Å². The number of halogens is 1. The molecular formula is C13H16ClNO2. The van der Waals surface area contributed by atoms with Crippen LogP contribution in [0.2, 0.25) is 5.02 Å². The van der Waals surface area contributed by atoms with Crippen LogP contribution in [0.5, 0.6) is 0 Å². The first-order chi connectivity index (χ1) is 8.28. The molecule has 17 heavy (non-hydrogen) atoms. The first-order valence-corrected chi connectivity index (χ1v) is 6.43. The molecule has 1 aliphatic heterocycles. The van der Waals surface area contributed by atoms with Crippen molar-refractivity contribution in [2.24, 2.45) is 0 Å². The smallest absolute Gasteiger partial charge is 0.137 e. The first kappa shape index (κ1) is 11.5. The summed E-state index contributed by atoms with van der Waals surface area (Å²) in [6.07, 6.45) is 2.41. The second-order valence-corrected chi connectivity index (χ2v) is 5.21. The van der Waals surface area contributed by atoms with Gasteiger partial charge in [0.15, 0.2) is 0 Å². The Hall–Kier alpha value is -0.610. The van der Waals surface area contributed by atoms with Gasteiger partial charge in [-0.05, 0) is 30.5 Å². The Bertz CT molecular complexity index is 391.